The summed E-state index contributed by atoms with van der Waals surface area (Å²) < 4.78 is 43.0. The third-order valence-electron chi connectivity index (χ3n) is 2.74. The van der Waals surface area contributed by atoms with Crippen LogP contribution in [0.2, 0.25) is 0 Å². The minimum absolute atomic E-state index is 0.0286. The Balaban J connectivity index is 2.88. The van der Waals surface area contributed by atoms with Gasteiger partial charge in [0.25, 0.3) is 0 Å². The Hall–Kier alpha value is -1.56. The summed E-state index contributed by atoms with van der Waals surface area (Å²) in [5.74, 6) is -0.466. The zero-order chi connectivity index (χ0) is 14.5. The van der Waals surface area contributed by atoms with Gasteiger partial charge in [-0.1, -0.05) is 25.1 Å². The van der Waals surface area contributed by atoms with Crippen LogP contribution < -0.4 is 0 Å². The Morgan fingerprint density at radius 3 is 2.47 bits per heavy atom. The van der Waals surface area contributed by atoms with E-state index in [1.54, 1.807) is 17.9 Å². The summed E-state index contributed by atoms with van der Waals surface area (Å²) in [5.41, 5.74) is -0.515. The van der Waals surface area contributed by atoms with Crippen LogP contribution in [0.3, 0.4) is 0 Å². The van der Waals surface area contributed by atoms with Crippen LogP contribution >= 0.6 is 0 Å². The minimum atomic E-state index is -4.39. The molecule has 0 aliphatic rings. The standard InChI is InChI=1S/C13H16F3NO2/c1-3-17(9-12(18)19-2)8-10-6-4-5-7-11(10)13(14,15)16/h4-7H,3,8-9H2,1-2H3. The Bertz CT molecular complexity index is 432. The topological polar surface area (TPSA) is 29.5 Å². The summed E-state index contributed by atoms with van der Waals surface area (Å²) in [6, 6.07) is 5.36. The second-order valence-corrected chi connectivity index (χ2v) is 4.03. The molecule has 1 aromatic carbocycles. The summed E-state index contributed by atoms with van der Waals surface area (Å²) in [4.78, 5) is 12.8. The maximum atomic E-state index is 12.8. The quantitative estimate of drug-likeness (QED) is 0.774. The molecule has 0 aromatic heterocycles. The van der Waals surface area contributed by atoms with Crippen molar-refractivity contribution in [2.45, 2.75) is 19.6 Å². The smallest absolute Gasteiger partial charge is 0.416 e. The fourth-order valence-electron chi connectivity index (χ4n) is 1.70. The van der Waals surface area contributed by atoms with Gasteiger partial charge in [-0.3, -0.25) is 9.69 Å². The molecule has 0 saturated carbocycles. The number of halogens is 3. The molecule has 0 heterocycles. The lowest BCUT2D eigenvalue weighted by Gasteiger charge is -2.21. The lowest BCUT2D eigenvalue weighted by atomic mass is 10.1. The van der Waals surface area contributed by atoms with Gasteiger partial charge in [-0.15, -0.1) is 0 Å². The molecule has 106 valence electrons. The maximum absolute atomic E-state index is 12.8. The molecule has 0 N–H and O–H groups in total. The zero-order valence-electron chi connectivity index (χ0n) is 10.8. The molecule has 6 heteroatoms. The summed E-state index contributed by atoms with van der Waals surface area (Å²) >= 11 is 0. The van der Waals surface area contributed by atoms with Crippen molar-refractivity contribution in [3.8, 4) is 0 Å². The van der Waals surface area contributed by atoms with Gasteiger partial charge in [0.15, 0.2) is 0 Å². The molecule has 0 unspecified atom stereocenters. The number of rotatable bonds is 5. The van der Waals surface area contributed by atoms with Crippen LogP contribution in [0.15, 0.2) is 24.3 Å². The lowest BCUT2D eigenvalue weighted by molar-refractivity contribution is -0.142. The third kappa shape index (κ3) is 4.55. The number of ether oxygens (including phenoxy) is 1. The van der Waals surface area contributed by atoms with E-state index >= 15 is 0 Å². The lowest BCUT2D eigenvalue weighted by Crippen LogP contribution is -2.30. The van der Waals surface area contributed by atoms with Gasteiger partial charge in [0.05, 0.1) is 19.2 Å². The number of carbonyl (C=O) groups is 1. The summed E-state index contributed by atoms with van der Waals surface area (Å²) in [7, 11) is 1.25. The van der Waals surface area contributed by atoms with Crippen LogP contribution in [-0.4, -0.2) is 31.1 Å². The SMILES string of the molecule is CCN(CC(=O)OC)Cc1ccccc1C(F)(F)F. The Kier molecular flexibility index (Phi) is 5.35. The summed E-state index contributed by atoms with van der Waals surface area (Å²) in [5, 5.41) is 0. The van der Waals surface area contributed by atoms with E-state index in [0.29, 0.717) is 6.54 Å². The Morgan fingerprint density at radius 1 is 1.32 bits per heavy atom. The van der Waals surface area contributed by atoms with Crippen LogP contribution in [0.4, 0.5) is 13.2 Å². The third-order valence-corrected chi connectivity index (χ3v) is 2.74. The van der Waals surface area contributed by atoms with Gasteiger partial charge < -0.3 is 4.74 Å². The average molecular weight is 275 g/mol. The van der Waals surface area contributed by atoms with Gasteiger partial charge in [-0.2, -0.15) is 13.2 Å². The van der Waals surface area contributed by atoms with E-state index in [2.05, 4.69) is 4.74 Å². The minimum Gasteiger partial charge on any atom is -0.468 e. The van der Waals surface area contributed by atoms with E-state index in [1.807, 2.05) is 0 Å². The molecule has 3 nitrogen and oxygen atoms in total. The van der Waals surface area contributed by atoms with Gasteiger partial charge in [0.2, 0.25) is 0 Å². The van der Waals surface area contributed by atoms with Crippen molar-refractivity contribution in [3.63, 3.8) is 0 Å². The molecule has 0 radical (unpaired) electrons. The van der Waals surface area contributed by atoms with Crippen molar-refractivity contribution < 1.29 is 22.7 Å². The number of hydrogen-bond donors (Lipinski definition) is 0. The van der Waals surface area contributed by atoms with Crippen LogP contribution in [0.1, 0.15) is 18.1 Å². The van der Waals surface area contributed by atoms with Gasteiger partial charge in [-0.25, -0.2) is 0 Å². The first-order chi connectivity index (χ1) is 8.88. The number of hydrogen-bond acceptors (Lipinski definition) is 3. The number of nitrogens with zero attached hydrogens (tertiary/aromatic N) is 1. The van der Waals surface area contributed by atoms with Crippen LogP contribution in [0.5, 0.6) is 0 Å². The molecule has 0 spiro atoms. The van der Waals surface area contributed by atoms with Crippen molar-refractivity contribution in [2.75, 3.05) is 20.2 Å². The van der Waals surface area contributed by atoms with Gasteiger partial charge in [0.1, 0.15) is 0 Å². The first-order valence-electron chi connectivity index (χ1n) is 5.82. The number of esters is 1. The molecule has 0 aliphatic heterocycles. The highest BCUT2D eigenvalue weighted by Gasteiger charge is 2.33. The van der Waals surface area contributed by atoms with Crippen molar-refractivity contribution in [2.24, 2.45) is 0 Å². The number of likely N-dealkylation sites (N-methyl/N-ethyl adjacent to an activating group) is 1. The molecular weight excluding hydrogens is 259 g/mol. The highest BCUT2D eigenvalue weighted by Crippen LogP contribution is 2.32. The second kappa shape index (κ2) is 6.56. The predicted octanol–water partition coefficient (Wildman–Crippen LogP) is 2.70. The van der Waals surface area contributed by atoms with E-state index < -0.39 is 17.7 Å². The molecule has 0 aliphatic carbocycles. The molecular formula is C13H16F3NO2. The highest BCUT2D eigenvalue weighted by atomic mass is 19.4. The summed E-state index contributed by atoms with van der Waals surface area (Å²) in [6.07, 6.45) is -4.39. The molecule has 0 saturated heterocycles. The molecule has 0 fully saturated rings. The van der Waals surface area contributed by atoms with Crippen LogP contribution in [-0.2, 0) is 22.3 Å². The van der Waals surface area contributed by atoms with Crippen molar-refractivity contribution >= 4 is 5.97 Å². The Labute approximate surface area is 110 Å². The maximum Gasteiger partial charge on any atom is 0.416 e. The normalized spacial score (nSPS) is 11.7. The van der Waals surface area contributed by atoms with Gasteiger partial charge >= 0.3 is 12.1 Å². The van der Waals surface area contributed by atoms with E-state index in [0.717, 1.165) is 6.07 Å². The number of benzene rings is 1. The number of methoxy groups -OCH3 is 1. The first-order valence-corrected chi connectivity index (χ1v) is 5.82. The van der Waals surface area contributed by atoms with Crippen molar-refractivity contribution in [3.05, 3.63) is 35.4 Å². The number of carbonyl (C=O) groups excluding carboxylic acids is 1. The van der Waals surface area contributed by atoms with E-state index in [-0.39, 0.29) is 18.7 Å². The monoisotopic (exact) mass is 275 g/mol. The Morgan fingerprint density at radius 2 is 1.95 bits per heavy atom. The van der Waals surface area contributed by atoms with Crippen LogP contribution in [0.25, 0.3) is 0 Å². The molecule has 1 rings (SSSR count). The van der Waals surface area contributed by atoms with Crippen LogP contribution in [0, 0.1) is 0 Å². The van der Waals surface area contributed by atoms with E-state index in [1.165, 1.54) is 19.2 Å². The van der Waals surface area contributed by atoms with Crippen molar-refractivity contribution in [1.82, 2.24) is 4.90 Å². The number of alkyl halides is 3. The van der Waals surface area contributed by atoms with Gasteiger partial charge in [-0.05, 0) is 18.2 Å². The molecule has 0 bridgehead atoms. The molecule has 19 heavy (non-hydrogen) atoms. The fraction of sp³-hybridized carbons (Fsp3) is 0.462. The average Bonchev–Trinajstić information content (AvgIpc) is 2.37. The second-order valence-electron chi connectivity index (χ2n) is 4.03. The molecule has 0 amide bonds. The first kappa shape index (κ1) is 15.5. The van der Waals surface area contributed by atoms with E-state index in [9.17, 15) is 18.0 Å². The predicted molar refractivity (Wildman–Crippen MR) is 64.4 cm³/mol. The largest absolute Gasteiger partial charge is 0.468 e. The van der Waals surface area contributed by atoms with E-state index in [4.69, 9.17) is 0 Å². The zero-order valence-corrected chi connectivity index (χ0v) is 10.8. The molecule has 1 aromatic rings. The van der Waals surface area contributed by atoms with Crippen molar-refractivity contribution in [1.29, 1.82) is 0 Å². The fourth-order valence-corrected chi connectivity index (χ4v) is 1.70. The molecule has 0 atom stereocenters. The highest BCUT2D eigenvalue weighted by molar-refractivity contribution is 5.71. The van der Waals surface area contributed by atoms with Gasteiger partial charge in [0, 0.05) is 6.54 Å². The summed E-state index contributed by atoms with van der Waals surface area (Å²) in [6.45, 7) is 2.26.